The fraction of sp³-hybridized carbons (Fsp3) is 0.647. The second-order valence-corrected chi connectivity index (χ2v) is 6.68. The van der Waals surface area contributed by atoms with Crippen LogP contribution in [-0.4, -0.2) is 19.1 Å². The summed E-state index contributed by atoms with van der Waals surface area (Å²) in [6, 6.07) is 6.15. The molecule has 0 aromatic heterocycles. The topological polar surface area (TPSA) is 15.3 Å². The van der Waals surface area contributed by atoms with Crippen LogP contribution in [0.1, 0.15) is 39.5 Å². The van der Waals surface area contributed by atoms with Gasteiger partial charge in [-0.1, -0.05) is 13.8 Å². The molecule has 1 aliphatic carbocycles. The van der Waals surface area contributed by atoms with Crippen LogP contribution in [0.25, 0.3) is 0 Å². The standard InChI is InChI=1S/C17H25FN2/c1-12(2)13-9-15(10-13)19-14-5-6-17(16(18)11-14)20-7-3-4-8-20/h5-6,11-13,15,19H,3-4,7-10H2,1-2H3. The lowest BCUT2D eigenvalue weighted by molar-refractivity contribution is 0.212. The maximum Gasteiger partial charge on any atom is 0.148 e. The van der Waals surface area contributed by atoms with Crippen molar-refractivity contribution in [1.29, 1.82) is 0 Å². The molecule has 1 saturated carbocycles. The van der Waals surface area contributed by atoms with Gasteiger partial charge in [-0.3, -0.25) is 0 Å². The molecule has 20 heavy (non-hydrogen) atoms. The molecule has 0 radical (unpaired) electrons. The number of halogens is 1. The summed E-state index contributed by atoms with van der Waals surface area (Å²) in [6.45, 7) is 6.54. The summed E-state index contributed by atoms with van der Waals surface area (Å²) >= 11 is 0. The minimum Gasteiger partial charge on any atom is -0.382 e. The second-order valence-electron chi connectivity index (χ2n) is 6.68. The molecule has 3 heteroatoms. The number of rotatable bonds is 4. The molecule has 0 amide bonds. The summed E-state index contributed by atoms with van der Waals surface area (Å²) in [7, 11) is 0. The lowest BCUT2D eigenvalue weighted by Gasteiger charge is -2.39. The van der Waals surface area contributed by atoms with Crippen molar-refractivity contribution in [1.82, 2.24) is 0 Å². The van der Waals surface area contributed by atoms with E-state index in [2.05, 4.69) is 24.1 Å². The first-order chi connectivity index (χ1) is 9.63. The molecule has 1 N–H and O–H groups in total. The van der Waals surface area contributed by atoms with Crippen LogP contribution >= 0.6 is 0 Å². The molecular weight excluding hydrogens is 251 g/mol. The molecule has 2 aliphatic rings. The molecule has 1 aliphatic heterocycles. The number of benzene rings is 1. The van der Waals surface area contributed by atoms with Crippen molar-refractivity contribution in [3.63, 3.8) is 0 Å². The Kier molecular flexibility index (Phi) is 3.86. The zero-order valence-electron chi connectivity index (χ0n) is 12.5. The largest absolute Gasteiger partial charge is 0.382 e. The summed E-state index contributed by atoms with van der Waals surface area (Å²) in [6.07, 6.45) is 4.79. The maximum atomic E-state index is 14.2. The van der Waals surface area contributed by atoms with Crippen LogP contribution in [0.2, 0.25) is 0 Å². The highest BCUT2D eigenvalue weighted by atomic mass is 19.1. The van der Waals surface area contributed by atoms with E-state index in [-0.39, 0.29) is 5.82 Å². The van der Waals surface area contributed by atoms with Gasteiger partial charge < -0.3 is 10.2 Å². The van der Waals surface area contributed by atoms with Crippen LogP contribution in [0, 0.1) is 17.7 Å². The average molecular weight is 276 g/mol. The normalized spacial score (nSPS) is 25.9. The Morgan fingerprint density at radius 3 is 2.50 bits per heavy atom. The summed E-state index contributed by atoms with van der Waals surface area (Å²) < 4.78 is 14.2. The van der Waals surface area contributed by atoms with Gasteiger partial charge in [0.05, 0.1) is 5.69 Å². The van der Waals surface area contributed by atoms with Crippen molar-refractivity contribution in [3.05, 3.63) is 24.0 Å². The van der Waals surface area contributed by atoms with Crippen LogP contribution in [0.15, 0.2) is 18.2 Å². The van der Waals surface area contributed by atoms with Crippen LogP contribution in [0.3, 0.4) is 0 Å². The first-order valence-corrected chi connectivity index (χ1v) is 7.94. The van der Waals surface area contributed by atoms with E-state index < -0.39 is 0 Å². The van der Waals surface area contributed by atoms with Gasteiger partial charge in [0.1, 0.15) is 5.82 Å². The highest BCUT2D eigenvalue weighted by molar-refractivity contribution is 5.57. The Labute approximate surface area is 121 Å². The Morgan fingerprint density at radius 1 is 1.20 bits per heavy atom. The Balaban J connectivity index is 1.60. The van der Waals surface area contributed by atoms with Gasteiger partial charge >= 0.3 is 0 Å². The van der Waals surface area contributed by atoms with E-state index in [4.69, 9.17) is 0 Å². The van der Waals surface area contributed by atoms with Gasteiger partial charge in [-0.25, -0.2) is 4.39 Å². The van der Waals surface area contributed by atoms with E-state index in [1.165, 1.54) is 25.7 Å². The summed E-state index contributed by atoms with van der Waals surface area (Å²) in [5.74, 6) is 1.51. The smallest absolute Gasteiger partial charge is 0.148 e. The fourth-order valence-electron chi connectivity index (χ4n) is 3.37. The summed E-state index contributed by atoms with van der Waals surface area (Å²) in [4.78, 5) is 2.15. The zero-order valence-corrected chi connectivity index (χ0v) is 12.5. The second kappa shape index (κ2) is 5.63. The van der Waals surface area contributed by atoms with Gasteiger partial charge in [-0.15, -0.1) is 0 Å². The molecular formula is C17H25FN2. The quantitative estimate of drug-likeness (QED) is 0.883. The third kappa shape index (κ3) is 2.77. The predicted octanol–water partition coefficient (Wildman–Crippen LogP) is 4.27. The van der Waals surface area contributed by atoms with E-state index in [1.54, 1.807) is 6.07 Å². The molecule has 1 saturated heterocycles. The highest BCUT2D eigenvalue weighted by Gasteiger charge is 2.31. The minimum atomic E-state index is -0.0865. The number of hydrogen-bond acceptors (Lipinski definition) is 2. The Morgan fingerprint density at radius 2 is 1.90 bits per heavy atom. The molecule has 0 unspecified atom stereocenters. The van der Waals surface area contributed by atoms with Crippen molar-refractivity contribution < 1.29 is 4.39 Å². The Bertz CT molecular complexity index is 460. The number of hydrogen-bond donors (Lipinski definition) is 1. The van der Waals surface area contributed by atoms with Gasteiger partial charge in [-0.2, -0.15) is 0 Å². The third-order valence-electron chi connectivity index (χ3n) is 4.88. The number of anilines is 2. The van der Waals surface area contributed by atoms with Crippen molar-refractivity contribution in [3.8, 4) is 0 Å². The lowest BCUT2D eigenvalue weighted by Crippen LogP contribution is -2.37. The van der Waals surface area contributed by atoms with Gasteiger partial charge in [0.25, 0.3) is 0 Å². The molecule has 110 valence electrons. The van der Waals surface area contributed by atoms with Gasteiger partial charge in [0, 0.05) is 24.8 Å². The maximum absolute atomic E-state index is 14.2. The Hall–Kier alpha value is -1.25. The summed E-state index contributed by atoms with van der Waals surface area (Å²) in [5.41, 5.74) is 1.69. The molecule has 1 aromatic rings. The first kappa shape index (κ1) is 13.7. The molecule has 2 nitrogen and oxygen atoms in total. The predicted molar refractivity (Wildman–Crippen MR) is 82.8 cm³/mol. The molecule has 3 rings (SSSR count). The van der Waals surface area contributed by atoms with Crippen LogP contribution in [0.5, 0.6) is 0 Å². The molecule has 1 aromatic carbocycles. The number of nitrogens with zero attached hydrogens (tertiary/aromatic N) is 1. The third-order valence-corrected chi connectivity index (χ3v) is 4.88. The zero-order chi connectivity index (χ0) is 14.1. The molecule has 0 atom stereocenters. The van der Waals surface area contributed by atoms with E-state index in [0.717, 1.165) is 36.3 Å². The van der Waals surface area contributed by atoms with Crippen LogP contribution in [0.4, 0.5) is 15.8 Å². The van der Waals surface area contributed by atoms with Gasteiger partial charge in [-0.05, 0) is 55.7 Å². The van der Waals surface area contributed by atoms with E-state index in [0.29, 0.717) is 6.04 Å². The first-order valence-electron chi connectivity index (χ1n) is 7.94. The van der Waals surface area contributed by atoms with Crippen molar-refractivity contribution in [2.24, 2.45) is 11.8 Å². The van der Waals surface area contributed by atoms with Crippen molar-refractivity contribution in [2.45, 2.75) is 45.6 Å². The van der Waals surface area contributed by atoms with Gasteiger partial charge in [0.15, 0.2) is 0 Å². The average Bonchev–Trinajstić information content (AvgIpc) is 2.86. The van der Waals surface area contributed by atoms with Crippen molar-refractivity contribution >= 4 is 11.4 Å². The highest BCUT2D eigenvalue weighted by Crippen LogP contribution is 2.36. The molecule has 1 heterocycles. The van der Waals surface area contributed by atoms with E-state index in [1.807, 2.05) is 12.1 Å². The summed E-state index contributed by atoms with van der Waals surface area (Å²) in [5, 5.41) is 3.46. The fourth-order valence-corrected chi connectivity index (χ4v) is 3.37. The van der Waals surface area contributed by atoms with E-state index in [9.17, 15) is 4.39 Å². The SMILES string of the molecule is CC(C)C1CC(Nc2ccc(N3CCCC3)c(F)c2)C1. The van der Waals surface area contributed by atoms with Gasteiger partial charge in [0.2, 0.25) is 0 Å². The van der Waals surface area contributed by atoms with Crippen molar-refractivity contribution in [2.75, 3.05) is 23.3 Å². The van der Waals surface area contributed by atoms with Crippen LogP contribution in [-0.2, 0) is 0 Å². The molecule has 0 spiro atoms. The van der Waals surface area contributed by atoms with Crippen LogP contribution < -0.4 is 10.2 Å². The lowest BCUT2D eigenvalue weighted by atomic mass is 9.73. The minimum absolute atomic E-state index is 0.0865. The molecule has 0 bridgehead atoms. The monoisotopic (exact) mass is 276 g/mol. The number of nitrogens with one attached hydrogen (secondary N) is 1. The van der Waals surface area contributed by atoms with E-state index >= 15 is 0 Å². The molecule has 2 fully saturated rings.